The maximum atomic E-state index is 13.5. The van der Waals surface area contributed by atoms with Gasteiger partial charge in [-0.25, -0.2) is 4.79 Å². The minimum Gasteiger partial charge on any atom is -0.316 e. The number of alkyl halides is 3. The molecule has 0 spiro atoms. The standard InChI is InChI=1S/C25H22F3N3O/c1-3-17-6-4-9-21-22(17)23(18-12-10-16(15-29)11-13-18)30(2)24(32)31(21)20-8-5-7-19(14-20)25(26,27)28/h3,5,7-8,10-14,23H,4,6,9H2,1-2H3/t23-/m0/s1. The molecule has 0 aromatic heterocycles. The van der Waals surface area contributed by atoms with E-state index in [4.69, 9.17) is 5.26 Å². The summed E-state index contributed by atoms with van der Waals surface area (Å²) in [6, 6.07) is 13.3. The molecule has 2 aromatic carbocycles. The highest BCUT2D eigenvalue weighted by atomic mass is 19.4. The molecule has 2 aromatic rings. The first-order valence-corrected chi connectivity index (χ1v) is 10.4. The van der Waals surface area contributed by atoms with Crippen LogP contribution in [-0.4, -0.2) is 18.0 Å². The monoisotopic (exact) mass is 437 g/mol. The smallest absolute Gasteiger partial charge is 0.316 e. The molecule has 2 amide bonds. The van der Waals surface area contributed by atoms with Crippen LogP contribution >= 0.6 is 0 Å². The number of likely N-dealkylation sites (N-methyl/N-ethyl adjacent to an activating group) is 1. The van der Waals surface area contributed by atoms with Gasteiger partial charge in [0.05, 0.1) is 28.9 Å². The van der Waals surface area contributed by atoms with E-state index < -0.39 is 11.7 Å². The number of anilines is 1. The third-order valence-electron chi connectivity index (χ3n) is 6.08. The third-order valence-corrected chi connectivity index (χ3v) is 6.08. The highest BCUT2D eigenvalue weighted by Crippen LogP contribution is 2.47. The van der Waals surface area contributed by atoms with Crippen molar-refractivity contribution in [3.05, 3.63) is 88.1 Å². The zero-order valence-electron chi connectivity index (χ0n) is 17.8. The van der Waals surface area contributed by atoms with E-state index in [1.165, 1.54) is 17.0 Å². The van der Waals surface area contributed by atoms with Crippen molar-refractivity contribution in [3.8, 4) is 6.07 Å². The molecule has 0 fully saturated rings. The molecule has 32 heavy (non-hydrogen) atoms. The van der Waals surface area contributed by atoms with Gasteiger partial charge in [-0.1, -0.05) is 24.3 Å². The second-order valence-electron chi connectivity index (χ2n) is 7.94. The van der Waals surface area contributed by atoms with Gasteiger partial charge in [0.1, 0.15) is 0 Å². The lowest BCUT2D eigenvalue weighted by Crippen LogP contribution is -2.49. The second kappa shape index (κ2) is 8.19. The summed E-state index contributed by atoms with van der Waals surface area (Å²) in [4.78, 5) is 16.5. The molecule has 0 unspecified atom stereocenters. The minimum atomic E-state index is -4.50. The lowest BCUT2D eigenvalue weighted by molar-refractivity contribution is -0.137. The van der Waals surface area contributed by atoms with Crippen molar-refractivity contribution in [2.75, 3.05) is 11.9 Å². The molecule has 0 N–H and O–H groups in total. The van der Waals surface area contributed by atoms with Crippen LogP contribution in [0.3, 0.4) is 0 Å². The maximum absolute atomic E-state index is 13.5. The van der Waals surface area contributed by atoms with Crippen molar-refractivity contribution >= 4 is 11.7 Å². The summed E-state index contributed by atoms with van der Waals surface area (Å²) < 4.78 is 40.0. The largest absolute Gasteiger partial charge is 0.416 e. The van der Waals surface area contributed by atoms with Crippen LogP contribution in [0.2, 0.25) is 0 Å². The summed E-state index contributed by atoms with van der Waals surface area (Å²) in [7, 11) is 1.66. The molecule has 0 bridgehead atoms. The van der Waals surface area contributed by atoms with Gasteiger partial charge in [0.25, 0.3) is 0 Å². The fourth-order valence-corrected chi connectivity index (χ4v) is 4.56. The number of nitriles is 1. The molecule has 4 nitrogen and oxygen atoms in total. The Bertz CT molecular complexity index is 1160. The molecular formula is C25H22F3N3O. The quantitative estimate of drug-likeness (QED) is 0.533. The van der Waals surface area contributed by atoms with Crippen LogP contribution in [0.15, 0.2) is 71.5 Å². The summed E-state index contributed by atoms with van der Waals surface area (Å²) in [5.74, 6) is 0. The molecule has 1 heterocycles. The minimum absolute atomic E-state index is 0.208. The fourth-order valence-electron chi connectivity index (χ4n) is 4.56. The first kappa shape index (κ1) is 21.7. The van der Waals surface area contributed by atoms with E-state index in [0.29, 0.717) is 12.0 Å². The number of benzene rings is 2. The third kappa shape index (κ3) is 3.66. The zero-order valence-corrected chi connectivity index (χ0v) is 17.8. The Morgan fingerprint density at radius 1 is 1.12 bits per heavy atom. The first-order valence-electron chi connectivity index (χ1n) is 10.4. The van der Waals surface area contributed by atoms with Crippen LogP contribution in [0.4, 0.5) is 23.7 Å². The van der Waals surface area contributed by atoms with Crippen molar-refractivity contribution < 1.29 is 18.0 Å². The number of halogens is 3. The van der Waals surface area contributed by atoms with Gasteiger partial charge in [-0.05, 0) is 67.7 Å². The number of amides is 2. The van der Waals surface area contributed by atoms with Gasteiger partial charge in [0, 0.05) is 18.3 Å². The molecule has 2 aliphatic rings. The molecule has 164 valence electrons. The Balaban J connectivity index is 1.91. The van der Waals surface area contributed by atoms with E-state index in [2.05, 4.69) is 6.07 Å². The molecule has 1 aliphatic heterocycles. The molecule has 1 aliphatic carbocycles. The summed E-state index contributed by atoms with van der Waals surface area (Å²) in [5.41, 5.74) is 3.57. The molecule has 4 rings (SSSR count). The number of urea groups is 1. The van der Waals surface area contributed by atoms with E-state index in [0.717, 1.165) is 47.4 Å². The summed E-state index contributed by atoms with van der Waals surface area (Å²) >= 11 is 0. The number of hydrogen-bond donors (Lipinski definition) is 0. The van der Waals surface area contributed by atoms with E-state index in [1.54, 1.807) is 24.1 Å². The topological polar surface area (TPSA) is 47.3 Å². The number of hydrogen-bond acceptors (Lipinski definition) is 2. The average Bonchev–Trinajstić information content (AvgIpc) is 2.79. The highest BCUT2D eigenvalue weighted by Gasteiger charge is 2.42. The molecule has 0 saturated heterocycles. The Kier molecular flexibility index (Phi) is 5.55. The van der Waals surface area contributed by atoms with Gasteiger partial charge in [0.15, 0.2) is 0 Å². The number of carbonyl (C=O) groups excluding carboxylic acids is 1. The fraction of sp³-hybridized carbons (Fsp3) is 0.280. The van der Waals surface area contributed by atoms with Gasteiger partial charge in [-0.2, -0.15) is 18.4 Å². The molecule has 0 radical (unpaired) electrons. The van der Waals surface area contributed by atoms with Crippen LogP contribution < -0.4 is 4.90 Å². The Morgan fingerprint density at radius 2 is 1.84 bits per heavy atom. The van der Waals surface area contributed by atoms with Crippen LogP contribution in [0.5, 0.6) is 0 Å². The number of carbonyl (C=O) groups is 1. The van der Waals surface area contributed by atoms with E-state index >= 15 is 0 Å². The Hall–Kier alpha value is -3.53. The average molecular weight is 437 g/mol. The number of nitrogens with zero attached hydrogens (tertiary/aromatic N) is 3. The summed E-state index contributed by atoms with van der Waals surface area (Å²) in [6.45, 7) is 1.94. The van der Waals surface area contributed by atoms with E-state index in [-0.39, 0.29) is 17.8 Å². The first-order chi connectivity index (χ1) is 15.3. The molecular weight excluding hydrogens is 415 g/mol. The van der Waals surface area contributed by atoms with Crippen molar-refractivity contribution in [1.29, 1.82) is 5.26 Å². The van der Waals surface area contributed by atoms with Gasteiger partial charge in [-0.15, -0.1) is 0 Å². The SMILES string of the molecule is CC=C1CCCC2=C1[C@H](c1ccc(C#N)cc1)N(C)C(=O)N2c1cccc(C(F)(F)F)c1. The lowest BCUT2D eigenvalue weighted by atomic mass is 9.81. The Morgan fingerprint density at radius 3 is 2.47 bits per heavy atom. The van der Waals surface area contributed by atoms with Crippen molar-refractivity contribution in [1.82, 2.24) is 4.90 Å². The van der Waals surface area contributed by atoms with Gasteiger partial charge < -0.3 is 4.90 Å². The van der Waals surface area contributed by atoms with Crippen LogP contribution in [-0.2, 0) is 6.18 Å². The van der Waals surface area contributed by atoms with Crippen molar-refractivity contribution in [3.63, 3.8) is 0 Å². The van der Waals surface area contributed by atoms with Gasteiger partial charge in [-0.3, -0.25) is 4.90 Å². The number of rotatable bonds is 2. The van der Waals surface area contributed by atoms with E-state index in [9.17, 15) is 18.0 Å². The maximum Gasteiger partial charge on any atom is 0.416 e. The summed E-state index contributed by atoms with van der Waals surface area (Å²) in [5, 5.41) is 9.12. The van der Waals surface area contributed by atoms with E-state index in [1.807, 2.05) is 25.1 Å². The molecule has 7 heteroatoms. The lowest BCUT2D eigenvalue weighted by Gasteiger charge is -2.45. The predicted octanol–water partition coefficient (Wildman–Crippen LogP) is 6.57. The second-order valence-corrected chi connectivity index (χ2v) is 7.94. The molecule has 0 saturated carbocycles. The van der Waals surface area contributed by atoms with Crippen LogP contribution in [0, 0.1) is 11.3 Å². The van der Waals surface area contributed by atoms with Crippen molar-refractivity contribution in [2.24, 2.45) is 0 Å². The highest BCUT2D eigenvalue weighted by molar-refractivity contribution is 5.98. The van der Waals surface area contributed by atoms with Crippen molar-refractivity contribution in [2.45, 2.75) is 38.4 Å². The van der Waals surface area contributed by atoms with Gasteiger partial charge in [0.2, 0.25) is 0 Å². The zero-order chi connectivity index (χ0) is 23.0. The molecule has 1 atom stereocenters. The Labute approximate surface area is 184 Å². The van der Waals surface area contributed by atoms with Gasteiger partial charge >= 0.3 is 12.2 Å². The summed E-state index contributed by atoms with van der Waals surface area (Å²) in [6.07, 6.45) is -0.246. The number of allylic oxidation sites excluding steroid dienone is 2. The normalized spacial score (nSPS) is 20.4. The predicted molar refractivity (Wildman–Crippen MR) is 116 cm³/mol. The van der Waals surface area contributed by atoms with Crippen LogP contribution in [0.1, 0.15) is 48.9 Å². The van der Waals surface area contributed by atoms with Crippen LogP contribution in [0.25, 0.3) is 0 Å².